The quantitative estimate of drug-likeness (QED) is 0.262. The van der Waals surface area contributed by atoms with Crippen LogP contribution in [0.5, 0.6) is 0 Å². The minimum Gasteiger partial charge on any atom is -0.428 e. The van der Waals surface area contributed by atoms with E-state index in [1.165, 1.54) is 0 Å². The minimum atomic E-state index is -2.72. The van der Waals surface area contributed by atoms with Gasteiger partial charge in [-0.2, -0.15) is 4.98 Å². The van der Waals surface area contributed by atoms with Crippen molar-refractivity contribution in [2.45, 2.75) is 37.6 Å². The van der Waals surface area contributed by atoms with Crippen LogP contribution in [0.4, 0.5) is 10.6 Å². The first-order valence-corrected chi connectivity index (χ1v) is 7.61. The molecule has 0 bridgehead atoms. The van der Waals surface area contributed by atoms with Gasteiger partial charge in [-0.25, -0.2) is 14.2 Å². The van der Waals surface area contributed by atoms with Crippen LogP contribution in [0.3, 0.4) is 0 Å². The Balaban J connectivity index is 2.18. The van der Waals surface area contributed by atoms with E-state index in [9.17, 15) is 29.7 Å². The van der Waals surface area contributed by atoms with Crippen LogP contribution in [-0.2, 0) is 24.9 Å². The molecule has 2 rings (SSSR count). The van der Waals surface area contributed by atoms with Gasteiger partial charge in [-0.15, -0.1) is 0 Å². The number of hydrogen-bond acceptors (Lipinski definition) is 11. The van der Waals surface area contributed by atoms with E-state index >= 15 is 0 Å². The van der Waals surface area contributed by atoms with Gasteiger partial charge >= 0.3 is 17.8 Å². The summed E-state index contributed by atoms with van der Waals surface area (Å²) >= 11 is 0. The van der Waals surface area contributed by atoms with Crippen LogP contribution < -0.4 is 11.0 Å². The summed E-state index contributed by atoms with van der Waals surface area (Å²) in [5.74, 6) is -3.66. The fourth-order valence-electron chi connectivity index (χ4n) is 2.40. The Morgan fingerprint density at radius 3 is 2.59 bits per heavy atom. The van der Waals surface area contributed by atoms with Gasteiger partial charge in [-0.1, -0.05) is 0 Å². The number of hydrogen-bond donors (Lipinski definition) is 5. The second-order valence-electron chi connectivity index (χ2n) is 5.82. The third-order valence-electron chi connectivity index (χ3n) is 3.90. The molecule has 0 radical (unpaired) electrons. The van der Waals surface area contributed by atoms with Crippen LogP contribution in [0.15, 0.2) is 17.1 Å². The van der Waals surface area contributed by atoms with Crippen LogP contribution in [0.2, 0.25) is 0 Å². The van der Waals surface area contributed by atoms with Crippen LogP contribution in [0.1, 0.15) is 13.8 Å². The van der Waals surface area contributed by atoms with Crippen molar-refractivity contribution >= 4 is 17.9 Å². The summed E-state index contributed by atoms with van der Waals surface area (Å²) in [5.41, 5.74) is -3.51. The fourth-order valence-corrected chi connectivity index (χ4v) is 2.40. The zero-order valence-corrected chi connectivity index (χ0v) is 14.4. The van der Waals surface area contributed by atoms with Crippen molar-refractivity contribution in [3.8, 4) is 0 Å². The molecule has 0 aliphatic carbocycles. The Morgan fingerprint density at radius 2 is 2.07 bits per heavy atom. The molecule has 0 saturated carbocycles. The molecular formula is C14H19N3O10. The normalized spacial score (nSPS) is 30.0. The molecule has 1 aromatic rings. The maximum Gasteiger partial charge on any atom is 0.415 e. The summed E-state index contributed by atoms with van der Waals surface area (Å²) in [5, 5.41) is 42.2. The molecule has 2 heterocycles. The maximum absolute atomic E-state index is 12.2. The number of carbonyl (C=O) groups is 2. The molecule has 1 saturated heterocycles. The van der Waals surface area contributed by atoms with Crippen molar-refractivity contribution in [3.05, 3.63) is 22.7 Å². The second kappa shape index (κ2) is 7.58. The number of ether oxygens (including phenoxy) is 3. The predicted octanol–water partition coefficient (Wildman–Crippen LogP) is -2.58. The van der Waals surface area contributed by atoms with Gasteiger partial charge in [0, 0.05) is 13.1 Å². The van der Waals surface area contributed by atoms with Crippen molar-refractivity contribution in [2.24, 2.45) is 0 Å². The lowest BCUT2D eigenvalue weighted by molar-refractivity contribution is -0.321. The lowest BCUT2D eigenvalue weighted by atomic mass is 9.94. The van der Waals surface area contributed by atoms with Gasteiger partial charge in [0.2, 0.25) is 6.79 Å². The summed E-state index contributed by atoms with van der Waals surface area (Å²) in [6.07, 6.45) is -3.18. The molecule has 1 fully saturated rings. The highest BCUT2D eigenvalue weighted by molar-refractivity contribution is 5.83. The Kier molecular flexibility index (Phi) is 5.82. The monoisotopic (exact) mass is 389 g/mol. The highest BCUT2D eigenvalue weighted by atomic mass is 16.7. The average molecular weight is 389 g/mol. The predicted molar refractivity (Wildman–Crippen MR) is 84.0 cm³/mol. The van der Waals surface area contributed by atoms with Crippen molar-refractivity contribution in [1.82, 2.24) is 9.55 Å². The number of amides is 1. The summed E-state index contributed by atoms with van der Waals surface area (Å²) in [4.78, 5) is 37.7. The largest absolute Gasteiger partial charge is 0.428 e. The molecule has 150 valence electrons. The fraction of sp³-hybridized carbons (Fsp3) is 0.571. The molecule has 1 aliphatic rings. The first-order chi connectivity index (χ1) is 12.5. The first-order valence-electron chi connectivity index (χ1n) is 7.61. The number of esters is 1. The van der Waals surface area contributed by atoms with E-state index in [1.54, 1.807) is 0 Å². The molecule has 13 nitrogen and oxygen atoms in total. The molecule has 1 aliphatic heterocycles. The Morgan fingerprint density at radius 1 is 1.41 bits per heavy atom. The van der Waals surface area contributed by atoms with E-state index in [4.69, 9.17) is 9.84 Å². The lowest BCUT2D eigenvalue weighted by Crippen LogP contribution is -2.58. The summed E-state index contributed by atoms with van der Waals surface area (Å²) < 4.78 is 14.4. The number of nitrogens with one attached hydrogen (secondary N) is 1. The van der Waals surface area contributed by atoms with Crippen molar-refractivity contribution in [3.63, 3.8) is 0 Å². The Bertz CT molecular complexity index is 779. The number of nitrogens with zero attached hydrogens (tertiary/aromatic N) is 2. The molecule has 13 heteroatoms. The number of aliphatic hydroxyl groups excluding tert-OH is 2. The second-order valence-corrected chi connectivity index (χ2v) is 5.82. The molecule has 5 N–H and O–H groups in total. The third-order valence-corrected chi connectivity index (χ3v) is 3.90. The van der Waals surface area contributed by atoms with Gasteiger partial charge in [0.25, 0.3) is 5.91 Å². The van der Waals surface area contributed by atoms with E-state index in [-0.39, 0.29) is 5.82 Å². The number of aromatic nitrogens is 2. The number of aliphatic hydroxyl groups is 4. The van der Waals surface area contributed by atoms with Gasteiger partial charge in [-0.3, -0.25) is 10.1 Å². The Labute approximate surface area is 151 Å². The highest BCUT2D eigenvalue weighted by Gasteiger charge is 2.64. The molecule has 1 amide bonds. The highest BCUT2D eigenvalue weighted by Crippen LogP contribution is 2.40. The number of rotatable bonds is 5. The first kappa shape index (κ1) is 20.7. The van der Waals surface area contributed by atoms with E-state index in [1.807, 2.05) is 0 Å². The molecule has 0 spiro atoms. The lowest BCUT2D eigenvalue weighted by Gasteiger charge is -2.35. The van der Waals surface area contributed by atoms with E-state index in [0.29, 0.717) is 4.57 Å². The summed E-state index contributed by atoms with van der Waals surface area (Å²) in [6.45, 7) is 0.758. The van der Waals surface area contributed by atoms with Crippen LogP contribution in [0.25, 0.3) is 0 Å². The summed E-state index contributed by atoms with van der Waals surface area (Å²) in [7, 11) is 0. The number of carbonyl (C=O) groups excluding carboxylic acids is 2. The standard InChI is InChI=1S/C14H19N3O10/c1-7(19)25-6-26-12(22)16-9-3-4-17(11(21)15-9)14(24)13(2,23)10(20)8(5-18)27-14/h3-4,8,10,18,20,23-24H,5-6H2,1-2H3,(H,15,16,21,22)/t8-,10-,13-,14-/m1/s1. The molecule has 0 unspecified atom stereocenters. The van der Waals surface area contributed by atoms with Gasteiger partial charge < -0.3 is 34.6 Å². The maximum atomic E-state index is 12.2. The van der Waals surface area contributed by atoms with Gasteiger partial charge in [0.05, 0.1) is 6.61 Å². The summed E-state index contributed by atoms with van der Waals surface area (Å²) in [6, 6.07) is 1.07. The van der Waals surface area contributed by atoms with Gasteiger partial charge in [0.15, 0.2) is 5.60 Å². The molecule has 4 atom stereocenters. The SMILES string of the molecule is CC(=O)OCOC(=O)Nc1ccn([C@]2(O)O[C@H](CO)[C@@H](O)[C@@]2(C)O)c(=O)n1. The van der Waals surface area contributed by atoms with Gasteiger partial charge in [-0.05, 0) is 13.0 Å². The van der Waals surface area contributed by atoms with Gasteiger partial charge in [0.1, 0.15) is 18.0 Å². The van der Waals surface area contributed by atoms with E-state index in [2.05, 4.69) is 19.8 Å². The molecule has 1 aromatic heterocycles. The van der Waals surface area contributed by atoms with Crippen molar-refractivity contribution < 1.29 is 44.2 Å². The minimum absolute atomic E-state index is 0.274. The zero-order chi connectivity index (χ0) is 20.4. The molecule has 0 aromatic carbocycles. The van der Waals surface area contributed by atoms with Crippen LogP contribution >= 0.6 is 0 Å². The number of anilines is 1. The topological polar surface area (TPSA) is 190 Å². The van der Waals surface area contributed by atoms with E-state index in [0.717, 1.165) is 26.1 Å². The molecular weight excluding hydrogens is 370 g/mol. The third kappa shape index (κ3) is 3.91. The van der Waals surface area contributed by atoms with Crippen molar-refractivity contribution in [1.29, 1.82) is 0 Å². The molecule has 27 heavy (non-hydrogen) atoms. The van der Waals surface area contributed by atoms with Crippen LogP contribution in [-0.4, -0.2) is 73.2 Å². The smallest absolute Gasteiger partial charge is 0.415 e. The zero-order valence-electron chi connectivity index (χ0n) is 14.4. The average Bonchev–Trinajstić information content (AvgIpc) is 2.75. The van der Waals surface area contributed by atoms with E-state index < -0.39 is 54.9 Å². The van der Waals surface area contributed by atoms with Crippen molar-refractivity contribution in [2.75, 3.05) is 18.7 Å². The Hall–Kier alpha value is -2.58. The van der Waals surface area contributed by atoms with Crippen LogP contribution in [0, 0.1) is 0 Å².